The second-order valence-electron chi connectivity index (χ2n) is 3.94. The van der Waals surface area contributed by atoms with Crippen molar-refractivity contribution in [3.05, 3.63) is 67.1 Å². The number of hydrogen-bond acceptors (Lipinski definition) is 2. The molecule has 2 aromatic carbocycles. The lowest BCUT2D eigenvalue weighted by Gasteiger charge is -2.19. The first-order chi connectivity index (χ1) is 9.02. The summed E-state index contributed by atoms with van der Waals surface area (Å²) < 4.78 is 0.825. The second kappa shape index (κ2) is 6.44. The smallest absolute Gasteiger partial charge is 0.0725 e. The standard InChI is InChI=1S/C13H10BrCl3N2/c14-10-3-1-7(5-12(10)17)13(19-18)9-6-8(15)2-4-11(9)16/h1-6,13,19H,18H2. The van der Waals surface area contributed by atoms with E-state index in [9.17, 15) is 0 Å². The van der Waals surface area contributed by atoms with Gasteiger partial charge in [-0.05, 0) is 57.4 Å². The van der Waals surface area contributed by atoms with Crippen LogP contribution in [0.5, 0.6) is 0 Å². The Balaban J connectivity index is 2.49. The van der Waals surface area contributed by atoms with E-state index in [2.05, 4.69) is 21.4 Å². The van der Waals surface area contributed by atoms with Crippen molar-refractivity contribution in [2.24, 2.45) is 5.84 Å². The van der Waals surface area contributed by atoms with E-state index >= 15 is 0 Å². The maximum atomic E-state index is 6.19. The molecule has 0 saturated carbocycles. The van der Waals surface area contributed by atoms with Crippen LogP contribution in [-0.2, 0) is 0 Å². The number of nitrogens with one attached hydrogen (secondary N) is 1. The van der Waals surface area contributed by atoms with E-state index in [0.29, 0.717) is 15.1 Å². The van der Waals surface area contributed by atoms with E-state index in [-0.39, 0.29) is 6.04 Å². The van der Waals surface area contributed by atoms with Gasteiger partial charge in [-0.15, -0.1) is 0 Å². The van der Waals surface area contributed by atoms with Crippen molar-refractivity contribution in [2.45, 2.75) is 6.04 Å². The summed E-state index contributed by atoms with van der Waals surface area (Å²) in [6, 6.07) is 10.6. The van der Waals surface area contributed by atoms with Crippen LogP contribution >= 0.6 is 50.7 Å². The highest BCUT2D eigenvalue weighted by atomic mass is 79.9. The van der Waals surface area contributed by atoms with E-state index in [4.69, 9.17) is 40.6 Å². The van der Waals surface area contributed by atoms with Gasteiger partial charge >= 0.3 is 0 Å². The van der Waals surface area contributed by atoms with Gasteiger partial charge in [0, 0.05) is 14.5 Å². The van der Waals surface area contributed by atoms with Gasteiger partial charge in [-0.2, -0.15) is 0 Å². The summed E-state index contributed by atoms with van der Waals surface area (Å²) in [6.45, 7) is 0. The van der Waals surface area contributed by atoms with Crippen LogP contribution in [-0.4, -0.2) is 0 Å². The van der Waals surface area contributed by atoms with E-state index in [1.807, 2.05) is 18.2 Å². The third-order valence-electron chi connectivity index (χ3n) is 2.71. The minimum atomic E-state index is -0.281. The Bertz CT molecular complexity index is 604. The van der Waals surface area contributed by atoms with Crippen LogP contribution in [0.25, 0.3) is 0 Å². The lowest BCUT2D eigenvalue weighted by atomic mass is 9.99. The molecule has 0 aliphatic rings. The van der Waals surface area contributed by atoms with E-state index in [1.54, 1.807) is 18.2 Å². The molecule has 2 aromatic rings. The fourth-order valence-electron chi connectivity index (χ4n) is 1.79. The largest absolute Gasteiger partial charge is 0.271 e. The minimum absolute atomic E-state index is 0.281. The molecule has 0 radical (unpaired) electrons. The van der Waals surface area contributed by atoms with Crippen LogP contribution < -0.4 is 11.3 Å². The van der Waals surface area contributed by atoms with Gasteiger partial charge in [-0.1, -0.05) is 40.9 Å². The number of hydrazine groups is 1. The first-order valence-electron chi connectivity index (χ1n) is 5.39. The summed E-state index contributed by atoms with van der Waals surface area (Å²) in [5.74, 6) is 5.64. The van der Waals surface area contributed by atoms with Gasteiger partial charge in [-0.3, -0.25) is 5.84 Å². The Morgan fingerprint density at radius 1 is 1.00 bits per heavy atom. The highest BCUT2D eigenvalue weighted by Crippen LogP contribution is 2.33. The zero-order valence-electron chi connectivity index (χ0n) is 9.63. The molecule has 0 fully saturated rings. The zero-order chi connectivity index (χ0) is 14.0. The van der Waals surface area contributed by atoms with Gasteiger partial charge in [0.15, 0.2) is 0 Å². The fourth-order valence-corrected chi connectivity index (χ4v) is 2.64. The topological polar surface area (TPSA) is 38.0 Å². The highest BCUT2D eigenvalue weighted by molar-refractivity contribution is 9.10. The van der Waals surface area contributed by atoms with Crippen LogP contribution in [0.1, 0.15) is 17.2 Å². The summed E-state index contributed by atoms with van der Waals surface area (Å²) in [5.41, 5.74) is 4.44. The summed E-state index contributed by atoms with van der Waals surface area (Å²) >= 11 is 21.6. The lowest BCUT2D eigenvalue weighted by molar-refractivity contribution is 0.637. The van der Waals surface area contributed by atoms with Crippen molar-refractivity contribution in [1.82, 2.24) is 5.43 Å². The maximum Gasteiger partial charge on any atom is 0.0725 e. The average Bonchev–Trinajstić information content (AvgIpc) is 2.38. The summed E-state index contributed by atoms with van der Waals surface area (Å²) in [6.07, 6.45) is 0. The minimum Gasteiger partial charge on any atom is -0.271 e. The van der Waals surface area contributed by atoms with Crippen LogP contribution in [0.15, 0.2) is 40.9 Å². The average molecular weight is 380 g/mol. The molecule has 3 N–H and O–H groups in total. The Kier molecular flexibility index (Phi) is 5.12. The normalized spacial score (nSPS) is 12.5. The second-order valence-corrected chi connectivity index (χ2v) is 6.04. The van der Waals surface area contributed by atoms with Crippen molar-refractivity contribution in [1.29, 1.82) is 0 Å². The number of benzene rings is 2. The summed E-state index contributed by atoms with van der Waals surface area (Å²) in [5, 5.41) is 1.80. The molecular formula is C13H10BrCl3N2. The van der Waals surface area contributed by atoms with E-state index in [0.717, 1.165) is 15.6 Å². The molecule has 1 atom stereocenters. The van der Waals surface area contributed by atoms with Crippen LogP contribution in [0.3, 0.4) is 0 Å². The van der Waals surface area contributed by atoms with Gasteiger partial charge in [0.2, 0.25) is 0 Å². The molecule has 0 heterocycles. The molecule has 6 heteroatoms. The third-order valence-corrected chi connectivity index (χ3v) is 4.52. The molecule has 0 bridgehead atoms. The zero-order valence-corrected chi connectivity index (χ0v) is 13.5. The Morgan fingerprint density at radius 3 is 2.37 bits per heavy atom. The fraction of sp³-hybridized carbons (Fsp3) is 0.0769. The molecule has 0 amide bonds. The molecular weight excluding hydrogens is 370 g/mol. The number of rotatable bonds is 3. The van der Waals surface area contributed by atoms with Crippen LogP contribution in [0, 0.1) is 0 Å². The van der Waals surface area contributed by atoms with Gasteiger partial charge in [0.05, 0.1) is 11.1 Å². The molecule has 0 aliphatic carbocycles. The van der Waals surface area contributed by atoms with Crippen molar-refractivity contribution < 1.29 is 0 Å². The van der Waals surface area contributed by atoms with Gasteiger partial charge in [-0.25, -0.2) is 5.43 Å². The van der Waals surface area contributed by atoms with Crippen LogP contribution in [0.2, 0.25) is 15.1 Å². The van der Waals surface area contributed by atoms with Crippen molar-refractivity contribution in [3.8, 4) is 0 Å². The first kappa shape index (κ1) is 15.1. The molecule has 0 aromatic heterocycles. The number of halogens is 4. The Labute approximate surface area is 134 Å². The third kappa shape index (κ3) is 3.43. The van der Waals surface area contributed by atoms with Gasteiger partial charge < -0.3 is 0 Å². The van der Waals surface area contributed by atoms with Crippen LogP contribution in [0.4, 0.5) is 0 Å². The van der Waals surface area contributed by atoms with E-state index in [1.165, 1.54) is 0 Å². The highest BCUT2D eigenvalue weighted by Gasteiger charge is 2.17. The molecule has 0 aliphatic heterocycles. The molecule has 0 saturated heterocycles. The lowest BCUT2D eigenvalue weighted by Crippen LogP contribution is -2.29. The number of nitrogens with two attached hydrogens (primary N) is 1. The summed E-state index contributed by atoms with van der Waals surface area (Å²) in [7, 11) is 0. The molecule has 0 spiro atoms. The van der Waals surface area contributed by atoms with Gasteiger partial charge in [0.1, 0.15) is 0 Å². The monoisotopic (exact) mass is 378 g/mol. The molecule has 2 nitrogen and oxygen atoms in total. The Morgan fingerprint density at radius 2 is 1.74 bits per heavy atom. The molecule has 100 valence electrons. The van der Waals surface area contributed by atoms with E-state index < -0.39 is 0 Å². The molecule has 1 unspecified atom stereocenters. The van der Waals surface area contributed by atoms with Crippen molar-refractivity contribution >= 4 is 50.7 Å². The molecule has 19 heavy (non-hydrogen) atoms. The van der Waals surface area contributed by atoms with Crippen molar-refractivity contribution in [2.75, 3.05) is 0 Å². The maximum absolute atomic E-state index is 6.19. The number of hydrogen-bond donors (Lipinski definition) is 2. The Hall–Kier alpha value is -0.290. The predicted octanol–water partition coefficient (Wildman–Crippen LogP) is 4.96. The first-order valence-corrected chi connectivity index (χ1v) is 7.31. The SMILES string of the molecule is NNC(c1ccc(Br)c(Cl)c1)c1cc(Cl)ccc1Cl. The van der Waals surface area contributed by atoms with Gasteiger partial charge in [0.25, 0.3) is 0 Å². The quantitative estimate of drug-likeness (QED) is 0.583. The predicted molar refractivity (Wildman–Crippen MR) is 84.8 cm³/mol. The molecule has 2 rings (SSSR count). The summed E-state index contributed by atoms with van der Waals surface area (Å²) in [4.78, 5) is 0. The van der Waals surface area contributed by atoms with Crippen molar-refractivity contribution in [3.63, 3.8) is 0 Å².